The van der Waals surface area contributed by atoms with Crippen molar-refractivity contribution in [3.63, 3.8) is 0 Å². The molecule has 0 aromatic heterocycles. The minimum absolute atomic E-state index is 0.0156. The fourth-order valence-corrected chi connectivity index (χ4v) is 1.90. The summed E-state index contributed by atoms with van der Waals surface area (Å²) in [5.74, 6) is 0.444. The minimum Gasteiger partial charge on any atom is -0.303 e. The molecule has 0 aliphatic carbocycles. The Hall–Kier alpha value is -0.420. The molecule has 1 aliphatic heterocycles. The van der Waals surface area contributed by atoms with E-state index < -0.39 is 0 Å². The van der Waals surface area contributed by atoms with Crippen LogP contribution in [0.2, 0.25) is 0 Å². The van der Waals surface area contributed by atoms with E-state index in [0.717, 1.165) is 6.29 Å². The molecule has 0 N–H and O–H groups in total. The quantitative estimate of drug-likeness (QED) is 0.477. The van der Waals surface area contributed by atoms with Crippen molar-refractivity contribution in [1.82, 2.24) is 4.90 Å². The van der Waals surface area contributed by atoms with Gasteiger partial charge in [-0.25, -0.2) is 0 Å². The lowest BCUT2D eigenvalue weighted by Gasteiger charge is -2.11. The first-order chi connectivity index (χ1) is 5.25. The molecule has 3 nitrogen and oxygen atoms in total. The van der Waals surface area contributed by atoms with Crippen LogP contribution in [0.3, 0.4) is 0 Å². The van der Waals surface area contributed by atoms with Crippen molar-refractivity contribution >= 4 is 40.5 Å². The molecule has 0 unspecified atom stereocenters. The van der Waals surface area contributed by atoms with Gasteiger partial charge in [0.2, 0.25) is 5.91 Å². The van der Waals surface area contributed by atoms with Gasteiger partial charge in [0.15, 0.2) is 0 Å². The number of rotatable bonds is 3. The van der Waals surface area contributed by atoms with Crippen LogP contribution in [0.15, 0.2) is 0 Å². The summed E-state index contributed by atoms with van der Waals surface area (Å²) in [5, 5.41) is 0. The zero-order valence-corrected chi connectivity index (χ0v) is 7.41. The maximum Gasteiger partial charge on any atom is 0.238 e. The Morgan fingerprint density at radius 2 is 2.45 bits per heavy atom. The summed E-state index contributed by atoms with van der Waals surface area (Å²) in [6.07, 6.45) is 1.16. The molecule has 0 aromatic rings. The lowest BCUT2D eigenvalue weighted by molar-refractivity contribution is -0.124. The highest BCUT2D eigenvalue weighted by Gasteiger charge is 2.25. The standard InChI is InChI=1S/C6H7NO2S2/c8-3-1-2-7-5(9)4-11-6(7)10/h3H,1-2,4H2. The summed E-state index contributed by atoms with van der Waals surface area (Å²) in [4.78, 5) is 22.5. The Kier molecular flexibility index (Phi) is 3.02. The highest BCUT2D eigenvalue weighted by molar-refractivity contribution is 8.23. The van der Waals surface area contributed by atoms with Gasteiger partial charge >= 0.3 is 0 Å². The largest absolute Gasteiger partial charge is 0.303 e. The molecule has 5 heteroatoms. The number of thioether (sulfide) groups is 1. The van der Waals surface area contributed by atoms with Crippen LogP contribution in [0.25, 0.3) is 0 Å². The molecule has 0 atom stereocenters. The summed E-state index contributed by atoms with van der Waals surface area (Å²) in [6.45, 7) is 0.439. The van der Waals surface area contributed by atoms with Gasteiger partial charge in [0.05, 0.1) is 5.75 Å². The summed E-state index contributed by atoms with van der Waals surface area (Å²) >= 11 is 6.24. The molecule has 1 saturated heterocycles. The smallest absolute Gasteiger partial charge is 0.238 e. The first kappa shape index (κ1) is 8.67. The summed E-state index contributed by atoms with van der Waals surface area (Å²) in [6, 6.07) is 0. The van der Waals surface area contributed by atoms with E-state index in [0.29, 0.717) is 23.0 Å². The van der Waals surface area contributed by atoms with Gasteiger partial charge in [0.1, 0.15) is 10.6 Å². The molecule has 0 radical (unpaired) electrons. The molecular weight excluding hydrogens is 182 g/mol. The second kappa shape index (κ2) is 3.82. The van der Waals surface area contributed by atoms with Crippen LogP contribution >= 0.6 is 24.0 Å². The van der Waals surface area contributed by atoms with Gasteiger partial charge < -0.3 is 4.79 Å². The zero-order chi connectivity index (χ0) is 8.27. The number of hydrogen-bond donors (Lipinski definition) is 0. The topological polar surface area (TPSA) is 37.4 Å². The van der Waals surface area contributed by atoms with E-state index in [1.807, 2.05) is 0 Å². The second-order valence-corrected chi connectivity index (χ2v) is 3.66. The molecule has 1 rings (SSSR count). The highest BCUT2D eigenvalue weighted by Crippen LogP contribution is 2.18. The van der Waals surface area contributed by atoms with Gasteiger partial charge in [0.25, 0.3) is 0 Å². The monoisotopic (exact) mass is 189 g/mol. The van der Waals surface area contributed by atoms with E-state index in [9.17, 15) is 9.59 Å². The Morgan fingerprint density at radius 1 is 1.73 bits per heavy atom. The maximum atomic E-state index is 11.0. The third-order valence-electron chi connectivity index (χ3n) is 1.31. The van der Waals surface area contributed by atoms with Crippen LogP contribution < -0.4 is 0 Å². The lowest BCUT2D eigenvalue weighted by atomic mass is 10.4. The first-order valence-corrected chi connectivity index (χ1v) is 4.56. The number of amides is 1. The van der Waals surface area contributed by atoms with Crippen LogP contribution in [-0.4, -0.2) is 33.7 Å². The number of aldehydes is 1. The minimum atomic E-state index is 0.0156. The van der Waals surface area contributed by atoms with Crippen LogP contribution in [0, 0.1) is 0 Å². The zero-order valence-electron chi connectivity index (χ0n) is 5.78. The predicted octanol–water partition coefficient (Wildman–Crippen LogP) is 0.436. The molecule has 60 valence electrons. The molecule has 1 fully saturated rings. The van der Waals surface area contributed by atoms with Crippen LogP contribution in [0.1, 0.15) is 6.42 Å². The van der Waals surface area contributed by atoms with E-state index in [4.69, 9.17) is 12.2 Å². The molecule has 0 spiro atoms. The average molecular weight is 189 g/mol. The van der Waals surface area contributed by atoms with E-state index in [1.165, 1.54) is 16.7 Å². The van der Waals surface area contributed by atoms with E-state index in [1.54, 1.807) is 0 Å². The van der Waals surface area contributed by atoms with Gasteiger partial charge in [-0.15, -0.1) is 0 Å². The van der Waals surface area contributed by atoms with Crippen molar-refractivity contribution in [2.75, 3.05) is 12.3 Å². The Labute approximate surface area is 74.1 Å². The normalized spacial score (nSPS) is 17.6. The molecule has 1 amide bonds. The van der Waals surface area contributed by atoms with Crippen LogP contribution in [0.5, 0.6) is 0 Å². The fraction of sp³-hybridized carbons (Fsp3) is 0.500. The van der Waals surface area contributed by atoms with Crippen LogP contribution in [0.4, 0.5) is 0 Å². The first-order valence-electron chi connectivity index (χ1n) is 3.16. The van der Waals surface area contributed by atoms with Crippen LogP contribution in [-0.2, 0) is 9.59 Å². The van der Waals surface area contributed by atoms with Crippen molar-refractivity contribution in [3.05, 3.63) is 0 Å². The maximum absolute atomic E-state index is 11.0. The van der Waals surface area contributed by atoms with Crippen molar-refractivity contribution in [2.24, 2.45) is 0 Å². The molecular formula is C6H7NO2S2. The predicted molar refractivity (Wildman–Crippen MR) is 47.5 cm³/mol. The van der Waals surface area contributed by atoms with Gasteiger partial charge in [0, 0.05) is 13.0 Å². The number of thiocarbonyl (C=S) groups is 1. The molecule has 11 heavy (non-hydrogen) atoms. The Bertz CT molecular complexity index is 189. The average Bonchev–Trinajstić information content (AvgIpc) is 2.29. The molecule has 1 aliphatic rings. The summed E-state index contributed by atoms with van der Waals surface area (Å²) in [5.41, 5.74) is 0. The van der Waals surface area contributed by atoms with Crippen molar-refractivity contribution in [3.8, 4) is 0 Å². The third-order valence-corrected chi connectivity index (χ3v) is 2.74. The number of nitrogens with zero attached hydrogens (tertiary/aromatic N) is 1. The van der Waals surface area contributed by atoms with Crippen molar-refractivity contribution in [1.29, 1.82) is 0 Å². The van der Waals surface area contributed by atoms with E-state index in [2.05, 4.69) is 0 Å². The number of hydrogen-bond acceptors (Lipinski definition) is 4. The fourth-order valence-electron chi connectivity index (χ4n) is 0.779. The SMILES string of the molecule is O=CCCN1C(=O)CSC1=S. The molecule has 1 heterocycles. The lowest BCUT2D eigenvalue weighted by Crippen LogP contribution is -2.29. The van der Waals surface area contributed by atoms with Gasteiger partial charge in [-0.3, -0.25) is 9.69 Å². The second-order valence-electron chi connectivity index (χ2n) is 2.06. The summed E-state index contributed by atoms with van der Waals surface area (Å²) in [7, 11) is 0. The van der Waals surface area contributed by atoms with E-state index in [-0.39, 0.29) is 5.91 Å². The van der Waals surface area contributed by atoms with Crippen molar-refractivity contribution < 1.29 is 9.59 Å². The van der Waals surface area contributed by atoms with Gasteiger partial charge in [-0.1, -0.05) is 24.0 Å². The van der Waals surface area contributed by atoms with Gasteiger partial charge in [-0.05, 0) is 0 Å². The van der Waals surface area contributed by atoms with Gasteiger partial charge in [-0.2, -0.15) is 0 Å². The molecule has 0 bridgehead atoms. The Morgan fingerprint density at radius 3 is 2.91 bits per heavy atom. The van der Waals surface area contributed by atoms with Crippen molar-refractivity contribution in [2.45, 2.75) is 6.42 Å². The molecule has 0 saturated carbocycles. The highest BCUT2D eigenvalue weighted by atomic mass is 32.2. The number of carbonyl (C=O) groups is 2. The van der Waals surface area contributed by atoms with E-state index >= 15 is 0 Å². The number of carbonyl (C=O) groups excluding carboxylic acids is 2. The Balaban J connectivity index is 2.47. The summed E-state index contributed by atoms with van der Waals surface area (Å²) < 4.78 is 0.594. The molecule has 0 aromatic carbocycles. The third kappa shape index (κ3) is 2.00.